The third-order valence-corrected chi connectivity index (χ3v) is 8.47. The van der Waals surface area contributed by atoms with E-state index in [-0.39, 0.29) is 6.54 Å². The highest BCUT2D eigenvalue weighted by molar-refractivity contribution is 7.47. The van der Waals surface area contributed by atoms with Crippen LogP contribution in [0.2, 0.25) is 0 Å². The molecular formula is C16H35NO8P2. The van der Waals surface area contributed by atoms with Gasteiger partial charge in [-0.1, -0.05) is 27.7 Å². The highest BCUT2D eigenvalue weighted by Crippen LogP contribution is 2.56. The molecule has 0 bridgehead atoms. The second-order valence-electron chi connectivity index (χ2n) is 7.04. The Bertz CT molecular complexity index is 466. The second-order valence-corrected chi connectivity index (χ2v) is 9.26. The van der Waals surface area contributed by atoms with E-state index in [1.165, 1.54) is 0 Å². The van der Waals surface area contributed by atoms with Crippen LogP contribution in [0.25, 0.3) is 0 Å². The highest BCUT2D eigenvalue weighted by Gasteiger charge is 2.53. The smallest absolute Gasteiger partial charge is 0.326 e. The van der Waals surface area contributed by atoms with E-state index >= 15 is 0 Å². The maximum absolute atomic E-state index is 12.2. The third kappa shape index (κ3) is 5.41. The summed E-state index contributed by atoms with van der Waals surface area (Å²) in [5, 5.41) is 31.9. The number of rotatable bonds is 10. The van der Waals surface area contributed by atoms with Gasteiger partial charge in [-0.25, -0.2) is 4.31 Å². The summed E-state index contributed by atoms with van der Waals surface area (Å²) in [7, 11) is -6.03. The zero-order valence-corrected chi connectivity index (χ0v) is 18.6. The highest BCUT2D eigenvalue weighted by atomic mass is 31.2. The van der Waals surface area contributed by atoms with Crippen molar-refractivity contribution in [3.63, 3.8) is 0 Å². The molecular weight excluding hydrogens is 396 g/mol. The molecule has 0 radical (unpaired) electrons. The van der Waals surface area contributed by atoms with E-state index in [2.05, 4.69) is 5.32 Å². The minimum atomic E-state index is -3.02. The number of nitrogens with one attached hydrogen (secondary N) is 1. The molecule has 4 N–H and O–H groups in total. The molecule has 0 aliphatic carbocycles. The molecule has 27 heavy (non-hydrogen) atoms. The van der Waals surface area contributed by atoms with Gasteiger partial charge in [0.2, 0.25) is 0 Å². The quantitative estimate of drug-likeness (QED) is 0.382. The summed E-state index contributed by atoms with van der Waals surface area (Å²) < 4.78 is 41.1. The van der Waals surface area contributed by atoms with Crippen LogP contribution < -0.4 is 5.32 Å². The summed E-state index contributed by atoms with van der Waals surface area (Å²) >= 11 is 0. The summed E-state index contributed by atoms with van der Waals surface area (Å²) in [5.74, 6) is -0.411. The van der Waals surface area contributed by atoms with E-state index in [4.69, 9.17) is 13.4 Å². The van der Waals surface area contributed by atoms with Gasteiger partial charge in [-0.2, -0.15) is 0 Å². The molecule has 1 fully saturated rings. The van der Waals surface area contributed by atoms with Crippen molar-refractivity contribution in [2.45, 2.75) is 70.1 Å². The minimum absolute atomic E-state index is 0.190. The molecule has 2 unspecified atom stereocenters. The van der Waals surface area contributed by atoms with Crippen molar-refractivity contribution in [3.8, 4) is 0 Å². The van der Waals surface area contributed by atoms with Crippen molar-refractivity contribution in [1.29, 1.82) is 0 Å². The molecule has 1 heterocycles. The van der Waals surface area contributed by atoms with E-state index in [1.807, 2.05) is 27.7 Å². The van der Waals surface area contributed by atoms with Crippen molar-refractivity contribution in [2.75, 3.05) is 26.4 Å². The van der Waals surface area contributed by atoms with Crippen molar-refractivity contribution < 1.29 is 37.8 Å². The summed E-state index contributed by atoms with van der Waals surface area (Å²) in [4.78, 5) is 0. The monoisotopic (exact) mass is 431 g/mol. The van der Waals surface area contributed by atoms with Crippen LogP contribution >= 0.6 is 16.5 Å². The first kappa shape index (κ1) is 25.2. The number of aliphatic hydroxyl groups excluding tert-OH is 3. The van der Waals surface area contributed by atoms with Gasteiger partial charge in [-0.3, -0.25) is 9.13 Å². The molecule has 0 amide bonds. The minimum Gasteiger partial charge on any atom is -0.394 e. The fourth-order valence-corrected chi connectivity index (χ4v) is 6.25. The molecule has 0 aromatic heterocycles. The summed E-state index contributed by atoms with van der Waals surface area (Å²) in [6.45, 7) is 6.40. The Morgan fingerprint density at radius 3 is 1.52 bits per heavy atom. The van der Waals surface area contributed by atoms with Crippen LogP contribution in [0.3, 0.4) is 0 Å². The topological polar surface area (TPSA) is 135 Å². The molecule has 0 aromatic rings. The molecule has 11 heteroatoms. The zero-order valence-electron chi connectivity index (χ0n) is 16.6. The van der Waals surface area contributed by atoms with Gasteiger partial charge >= 0.3 is 16.5 Å². The van der Waals surface area contributed by atoms with Crippen molar-refractivity contribution >= 4 is 16.5 Å². The van der Waals surface area contributed by atoms with Gasteiger partial charge in [-0.05, 0) is 25.7 Å². The lowest BCUT2D eigenvalue weighted by atomic mass is 9.69. The van der Waals surface area contributed by atoms with Crippen LogP contribution in [0.4, 0.5) is 0 Å². The average Bonchev–Trinajstić information content (AvgIpc) is 2.68. The standard InChI is InChI=1S/C16H35NO8P2/c1-5-15(6-2)13(9-17-14(10-18,11-19)12-20)16(7-3,8-4)24-27(22)25-26(21)23-15/h13,17-20,26-27H,5-12H2,1-4H3. The van der Waals surface area contributed by atoms with Crippen LogP contribution in [0.15, 0.2) is 0 Å². The van der Waals surface area contributed by atoms with E-state index in [1.54, 1.807) is 0 Å². The summed E-state index contributed by atoms with van der Waals surface area (Å²) in [6, 6.07) is 0. The molecule has 1 aliphatic heterocycles. The molecule has 0 saturated carbocycles. The molecule has 1 aliphatic rings. The predicted molar refractivity (Wildman–Crippen MR) is 103 cm³/mol. The lowest BCUT2D eigenvalue weighted by Gasteiger charge is -2.51. The van der Waals surface area contributed by atoms with Gasteiger partial charge < -0.3 is 29.7 Å². The first-order valence-electron chi connectivity index (χ1n) is 9.47. The Balaban J connectivity index is 3.41. The second kappa shape index (κ2) is 10.8. The van der Waals surface area contributed by atoms with Crippen LogP contribution in [0, 0.1) is 5.92 Å². The number of hydrogen-bond acceptors (Lipinski definition) is 9. The molecule has 162 valence electrons. The molecule has 0 spiro atoms. The van der Waals surface area contributed by atoms with Crippen molar-refractivity contribution in [3.05, 3.63) is 0 Å². The molecule has 1 saturated heterocycles. The van der Waals surface area contributed by atoms with Crippen LogP contribution in [0.1, 0.15) is 53.4 Å². The van der Waals surface area contributed by atoms with Crippen molar-refractivity contribution in [1.82, 2.24) is 5.32 Å². The lowest BCUT2D eigenvalue weighted by molar-refractivity contribution is -0.118. The number of aliphatic hydroxyl groups is 3. The number of hydrogen-bond donors (Lipinski definition) is 4. The van der Waals surface area contributed by atoms with Gasteiger partial charge in [0.05, 0.1) is 36.6 Å². The van der Waals surface area contributed by atoms with Crippen LogP contribution in [-0.2, 0) is 22.5 Å². The maximum atomic E-state index is 12.2. The van der Waals surface area contributed by atoms with Gasteiger partial charge in [0.15, 0.2) is 0 Å². The Labute approximate surface area is 162 Å². The van der Waals surface area contributed by atoms with Gasteiger partial charge in [0.25, 0.3) is 0 Å². The van der Waals surface area contributed by atoms with Gasteiger partial charge in [0, 0.05) is 12.5 Å². The largest absolute Gasteiger partial charge is 0.394 e. The molecule has 9 nitrogen and oxygen atoms in total. The molecule has 0 aromatic carbocycles. The summed E-state index contributed by atoms with van der Waals surface area (Å²) in [5.41, 5.74) is -3.05. The zero-order chi connectivity index (χ0) is 20.7. The Hall–Kier alpha value is 0.180. The Kier molecular flexibility index (Phi) is 10.1. The fraction of sp³-hybridized carbons (Fsp3) is 1.00. The van der Waals surface area contributed by atoms with Gasteiger partial charge in [-0.15, -0.1) is 0 Å². The summed E-state index contributed by atoms with van der Waals surface area (Å²) in [6.07, 6.45) is 2.02. The molecule has 2 atom stereocenters. The first-order valence-corrected chi connectivity index (χ1v) is 11.9. The van der Waals surface area contributed by atoms with E-state index in [0.717, 1.165) is 0 Å². The third-order valence-electron chi connectivity index (χ3n) is 5.99. The van der Waals surface area contributed by atoms with E-state index < -0.39 is 59.0 Å². The van der Waals surface area contributed by atoms with Crippen LogP contribution in [-0.4, -0.2) is 58.4 Å². The van der Waals surface area contributed by atoms with Gasteiger partial charge in [0.1, 0.15) is 0 Å². The fourth-order valence-electron chi connectivity index (χ4n) is 3.85. The Morgan fingerprint density at radius 2 is 1.22 bits per heavy atom. The lowest BCUT2D eigenvalue weighted by Crippen LogP contribution is -2.62. The average molecular weight is 431 g/mol. The van der Waals surface area contributed by atoms with Crippen LogP contribution in [0.5, 0.6) is 0 Å². The predicted octanol–water partition coefficient (Wildman–Crippen LogP) is 1.87. The Morgan fingerprint density at radius 1 is 0.852 bits per heavy atom. The molecule has 1 rings (SSSR count). The first-order chi connectivity index (χ1) is 12.8. The normalized spacial score (nSPS) is 28.5. The SMILES string of the molecule is CCC1(CC)O[PH](=O)O[PH](=O)OC(CC)(CC)C1CNC(CO)(CO)CO. The van der Waals surface area contributed by atoms with E-state index in [9.17, 15) is 24.4 Å². The maximum Gasteiger partial charge on any atom is 0.326 e. The van der Waals surface area contributed by atoms with Crippen molar-refractivity contribution in [2.24, 2.45) is 5.92 Å². The van der Waals surface area contributed by atoms with E-state index in [0.29, 0.717) is 25.7 Å².